The van der Waals surface area contributed by atoms with Crippen LogP contribution in [-0.2, 0) is 5.60 Å². The summed E-state index contributed by atoms with van der Waals surface area (Å²) in [6, 6.07) is 9.40. The second-order valence-electron chi connectivity index (χ2n) is 7.07. The molecule has 0 amide bonds. The Kier molecular flexibility index (Phi) is 5.55. The molecular formula is C19H25N5O2. The number of nitriles is 1. The second-order valence-corrected chi connectivity index (χ2v) is 7.07. The normalized spacial score (nSPS) is 20.9. The van der Waals surface area contributed by atoms with Crippen LogP contribution in [0.5, 0.6) is 5.75 Å². The number of hydrogen-bond donors (Lipinski definition) is 1. The Labute approximate surface area is 153 Å². The Hall–Kier alpha value is -2.43. The summed E-state index contributed by atoms with van der Waals surface area (Å²) in [5.74, 6) is 0.746. The van der Waals surface area contributed by atoms with E-state index in [1.54, 1.807) is 28.9 Å². The van der Waals surface area contributed by atoms with Crippen LogP contribution in [0.4, 0.5) is 0 Å². The summed E-state index contributed by atoms with van der Waals surface area (Å²) in [6.45, 7) is 6.78. The van der Waals surface area contributed by atoms with E-state index in [1.807, 2.05) is 20.0 Å². The molecule has 138 valence electrons. The summed E-state index contributed by atoms with van der Waals surface area (Å²) in [5.41, 5.74) is 0.302. The van der Waals surface area contributed by atoms with Crippen LogP contribution in [0.25, 0.3) is 0 Å². The molecule has 7 heteroatoms. The lowest BCUT2D eigenvalue weighted by Gasteiger charge is -2.37. The van der Waals surface area contributed by atoms with Gasteiger partial charge in [0.1, 0.15) is 23.7 Å². The predicted molar refractivity (Wildman–Crippen MR) is 96.6 cm³/mol. The van der Waals surface area contributed by atoms with Gasteiger partial charge in [-0.2, -0.15) is 5.26 Å². The highest BCUT2D eigenvalue weighted by Crippen LogP contribution is 2.30. The van der Waals surface area contributed by atoms with Gasteiger partial charge in [-0.05, 0) is 57.5 Å². The van der Waals surface area contributed by atoms with E-state index in [0.29, 0.717) is 30.8 Å². The Balaban J connectivity index is 1.55. The number of rotatable bonds is 6. The number of ether oxygens (including phenoxy) is 1. The molecule has 1 atom stereocenters. The van der Waals surface area contributed by atoms with Crippen molar-refractivity contribution in [1.82, 2.24) is 19.9 Å². The third-order valence-electron chi connectivity index (χ3n) is 4.73. The van der Waals surface area contributed by atoms with Crippen LogP contribution in [-0.4, -0.2) is 51.2 Å². The molecule has 7 nitrogen and oxygen atoms in total. The lowest BCUT2D eigenvalue weighted by Crippen LogP contribution is -2.47. The fourth-order valence-corrected chi connectivity index (χ4v) is 3.18. The lowest BCUT2D eigenvalue weighted by molar-refractivity contribution is -0.0413. The zero-order valence-corrected chi connectivity index (χ0v) is 15.3. The number of aliphatic hydroxyl groups is 1. The van der Waals surface area contributed by atoms with Gasteiger partial charge < -0.3 is 9.84 Å². The molecule has 2 aromatic rings. The maximum Gasteiger partial charge on any atom is 0.123 e. The number of nitrogens with zero attached hydrogens (tertiary/aromatic N) is 5. The van der Waals surface area contributed by atoms with E-state index in [4.69, 9.17) is 10.00 Å². The van der Waals surface area contributed by atoms with Crippen molar-refractivity contribution in [1.29, 1.82) is 5.26 Å². The number of likely N-dealkylation sites (tertiary alicyclic amines) is 1. The van der Waals surface area contributed by atoms with Crippen LogP contribution in [0.15, 0.2) is 30.5 Å². The first kappa shape index (κ1) is 18.4. The SMILES string of the molecule is CC(C)n1cc(C2(O)CCCN(CCOc3ccc(C#N)cc3)C2)nn1. The third kappa shape index (κ3) is 4.21. The topological polar surface area (TPSA) is 87.2 Å². The van der Waals surface area contributed by atoms with Gasteiger partial charge in [0.05, 0.1) is 17.8 Å². The molecule has 0 bridgehead atoms. The first-order valence-corrected chi connectivity index (χ1v) is 9.00. The van der Waals surface area contributed by atoms with E-state index in [-0.39, 0.29) is 6.04 Å². The summed E-state index contributed by atoms with van der Waals surface area (Å²) in [7, 11) is 0. The first-order valence-electron chi connectivity index (χ1n) is 9.00. The zero-order valence-electron chi connectivity index (χ0n) is 15.3. The molecule has 1 aromatic heterocycles. The van der Waals surface area contributed by atoms with Gasteiger partial charge in [-0.3, -0.25) is 4.90 Å². The highest BCUT2D eigenvalue weighted by molar-refractivity contribution is 5.34. The largest absolute Gasteiger partial charge is 0.492 e. The Morgan fingerprint density at radius 2 is 2.12 bits per heavy atom. The summed E-state index contributed by atoms with van der Waals surface area (Å²) >= 11 is 0. The maximum absolute atomic E-state index is 11.1. The first-order chi connectivity index (χ1) is 12.5. The maximum atomic E-state index is 11.1. The number of piperidine rings is 1. The average molecular weight is 355 g/mol. The fraction of sp³-hybridized carbons (Fsp3) is 0.526. The predicted octanol–water partition coefficient (Wildman–Crippen LogP) is 2.09. The van der Waals surface area contributed by atoms with Crippen molar-refractivity contribution in [2.24, 2.45) is 0 Å². The van der Waals surface area contributed by atoms with Gasteiger partial charge in [0.25, 0.3) is 0 Å². The molecule has 3 rings (SSSR count). The molecule has 0 saturated carbocycles. The Morgan fingerprint density at radius 1 is 1.35 bits per heavy atom. The van der Waals surface area contributed by atoms with Crippen molar-refractivity contribution in [3.63, 3.8) is 0 Å². The number of hydrogen-bond acceptors (Lipinski definition) is 6. The zero-order chi connectivity index (χ0) is 18.6. The minimum Gasteiger partial charge on any atom is -0.492 e. The van der Waals surface area contributed by atoms with Crippen molar-refractivity contribution in [3.8, 4) is 11.8 Å². The quantitative estimate of drug-likeness (QED) is 0.854. The van der Waals surface area contributed by atoms with Gasteiger partial charge in [-0.25, -0.2) is 4.68 Å². The van der Waals surface area contributed by atoms with E-state index < -0.39 is 5.60 Å². The van der Waals surface area contributed by atoms with Crippen LogP contribution < -0.4 is 4.74 Å². The standard InChI is InChI=1S/C19H25N5O2/c1-15(2)24-13-18(21-22-24)19(25)8-3-9-23(14-19)10-11-26-17-6-4-16(12-20)5-7-17/h4-7,13,15,25H,3,8-11,14H2,1-2H3. The summed E-state index contributed by atoms with van der Waals surface area (Å²) in [5, 5.41) is 28.2. The third-order valence-corrected chi connectivity index (χ3v) is 4.73. The molecule has 1 aromatic carbocycles. The van der Waals surface area contributed by atoms with Crippen molar-refractivity contribution >= 4 is 0 Å². The minimum atomic E-state index is -0.958. The van der Waals surface area contributed by atoms with Gasteiger partial charge in [-0.15, -0.1) is 5.10 Å². The van der Waals surface area contributed by atoms with Gasteiger partial charge in [0.2, 0.25) is 0 Å². The van der Waals surface area contributed by atoms with Crippen LogP contribution in [0.1, 0.15) is 44.0 Å². The second kappa shape index (κ2) is 7.85. The molecule has 1 aliphatic rings. The van der Waals surface area contributed by atoms with Crippen LogP contribution >= 0.6 is 0 Å². The number of benzene rings is 1. The lowest BCUT2D eigenvalue weighted by atomic mass is 9.90. The molecule has 1 fully saturated rings. The van der Waals surface area contributed by atoms with Crippen molar-refractivity contribution in [2.75, 3.05) is 26.2 Å². The molecule has 1 N–H and O–H groups in total. The van der Waals surface area contributed by atoms with Gasteiger partial charge >= 0.3 is 0 Å². The molecule has 2 heterocycles. The van der Waals surface area contributed by atoms with Crippen molar-refractivity contribution in [3.05, 3.63) is 41.7 Å². The summed E-state index contributed by atoms with van der Waals surface area (Å²) in [4.78, 5) is 2.20. The molecular weight excluding hydrogens is 330 g/mol. The number of β-amino-alcohol motifs (C(OH)–C–C–N with tert-alkyl or cyclic N) is 1. The summed E-state index contributed by atoms with van der Waals surface area (Å²) < 4.78 is 7.53. The molecule has 0 spiro atoms. The van der Waals surface area contributed by atoms with Crippen LogP contribution in [0.3, 0.4) is 0 Å². The molecule has 1 saturated heterocycles. The van der Waals surface area contributed by atoms with Crippen LogP contribution in [0, 0.1) is 11.3 Å². The monoisotopic (exact) mass is 355 g/mol. The minimum absolute atomic E-state index is 0.223. The highest BCUT2D eigenvalue weighted by atomic mass is 16.5. The molecule has 1 unspecified atom stereocenters. The van der Waals surface area contributed by atoms with Crippen LogP contribution in [0.2, 0.25) is 0 Å². The fourth-order valence-electron chi connectivity index (χ4n) is 3.18. The van der Waals surface area contributed by atoms with E-state index >= 15 is 0 Å². The van der Waals surface area contributed by atoms with Crippen molar-refractivity contribution in [2.45, 2.75) is 38.3 Å². The molecule has 1 aliphatic heterocycles. The highest BCUT2D eigenvalue weighted by Gasteiger charge is 2.37. The van der Waals surface area contributed by atoms with Gasteiger partial charge in [-0.1, -0.05) is 5.21 Å². The summed E-state index contributed by atoms with van der Waals surface area (Å²) in [6.07, 6.45) is 3.44. The van der Waals surface area contributed by atoms with E-state index in [2.05, 4.69) is 21.3 Å². The van der Waals surface area contributed by atoms with E-state index in [0.717, 1.165) is 25.3 Å². The smallest absolute Gasteiger partial charge is 0.123 e. The average Bonchev–Trinajstić information content (AvgIpc) is 3.14. The van der Waals surface area contributed by atoms with E-state index in [1.165, 1.54) is 0 Å². The molecule has 0 radical (unpaired) electrons. The molecule has 26 heavy (non-hydrogen) atoms. The Bertz CT molecular complexity index is 765. The van der Waals surface area contributed by atoms with E-state index in [9.17, 15) is 5.11 Å². The van der Waals surface area contributed by atoms with Gasteiger partial charge in [0.15, 0.2) is 0 Å². The van der Waals surface area contributed by atoms with Crippen molar-refractivity contribution < 1.29 is 9.84 Å². The Morgan fingerprint density at radius 3 is 2.77 bits per heavy atom. The van der Waals surface area contributed by atoms with Gasteiger partial charge in [0, 0.05) is 19.1 Å². The number of aromatic nitrogens is 3. The molecule has 0 aliphatic carbocycles.